The minimum atomic E-state index is 0.355. The van der Waals surface area contributed by atoms with E-state index in [1.165, 1.54) is 0 Å². The zero-order valence-corrected chi connectivity index (χ0v) is 14.3. The Labute approximate surface area is 125 Å². The van der Waals surface area contributed by atoms with Gasteiger partial charge in [0.1, 0.15) is 0 Å². The van der Waals surface area contributed by atoms with Crippen molar-refractivity contribution in [3.05, 3.63) is 0 Å². The van der Waals surface area contributed by atoms with Gasteiger partial charge in [0, 0.05) is 46.9 Å². The van der Waals surface area contributed by atoms with Gasteiger partial charge < -0.3 is 20.3 Å². The lowest BCUT2D eigenvalue weighted by Gasteiger charge is -2.20. The third-order valence-electron chi connectivity index (χ3n) is 3.07. The first-order chi connectivity index (χ1) is 9.39. The van der Waals surface area contributed by atoms with E-state index in [0.29, 0.717) is 5.41 Å². The number of methoxy groups -OCH3 is 1. The van der Waals surface area contributed by atoms with Gasteiger partial charge in [0.25, 0.3) is 0 Å². The lowest BCUT2D eigenvalue weighted by molar-refractivity contribution is 0.180. The van der Waals surface area contributed by atoms with E-state index in [9.17, 15) is 0 Å². The van der Waals surface area contributed by atoms with Crippen LogP contribution in [0.1, 0.15) is 33.6 Å². The smallest absolute Gasteiger partial charge is 0.191 e. The number of hydrogen-bond acceptors (Lipinski definition) is 3. The maximum absolute atomic E-state index is 5.05. The second kappa shape index (κ2) is 10.9. The predicted molar refractivity (Wildman–Crippen MR) is 87.4 cm³/mol. The fourth-order valence-corrected chi connectivity index (χ4v) is 1.73. The highest BCUT2D eigenvalue weighted by Crippen LogP contribution is 2.16. The fourth-order valence-electron chi connectivity index (χ4n) is 1.73. The Kier molecular flexibility index (Phi) is 10.5. The zero-order valence-electron chi connectivity index (χ0n) is 14.3. The van der Waals surface area contributed by atoms with Crippen LogP contribution in [-0.2, 0) is 4.74 Å². The van der Waals surface area contributed by atoms with Crippen molar-refractivity contribution in [2.24, 2.45) is 10.4 Å². The highest BCUT2D eigenvalue weighted by Gasteiger charge is 2.09. The molecule has 0 aliphatic carbocycles. The molecule has 0 atom stereocenters. The molecule has 0 unspecified atom stereocenters. The molecule has 0 fully saturated rings. The molecule has 0 aliphatic heterocycles. The zero-order chi connectivity index (χ0) is 15.4. The largest absolute Gasteiger partial charge is 0.385 e. The quantitative estimate of drug-likeness (QED) is 0.384. The van der Waals surface area contributed by atoms with Gasteiger partial charge in [-0.05, 0) is 25.3 Å². The number of likely N-dealkylation sites (N-methyl/N-ethyl adjacent to an activating group) is 1. The summed E-state index contributed by atoms with van der Waals surface area (Å²) in [6.45, 7) is 11.5. The topological polar surface area (TPSA) is 48.9 Å². The Morgan fingerprint density at radius 2 is 1.80 bits per heavy atom. The summed E-state index contributed by atoms with van der Waals surface area (Å²) in [4.78, 5) is 6.54. The van der Waals surface area contributed by atoms with Crippen molar-refractivity contribution >= 4 is 5.96 Å². The van der Waals surface area contributed by atoms with Crippen LogP contribution in [0.4, 0.5) is 0 Å². The van der Waals surface area contributed by atoms with Crippen LogP contribution in [-0.4, -0.2) is 64.9 Å². The molecule has 0 rings (SSSR count). The average molecular weight is 286 g/mol. The second-order valence-electron chi connectivity index (χ2n) is 6.39. The molecule has 0 aliphatic rings. The van der Waals surface area contributed by atoms with E-state index in [-0.39, 0.29) is 0 Å². The third kappa shape index (κ3) is 12.2. The van der Waals surface area contributed by atoms with Crippen LogP contribution in [0.25, 0.3) is 0 Å². The van der Waals surface area contributed by atoms with Crippen molar-refractivity contribution in [2.45, 2.75) is 33.6 Å². The van der Waals surface area contributed by atoms with Crippen molar-refractivity contribution in [1.29, 1.82) is 0 Å². The van der Waals surface area contributed by atoms with E-state index >= 15 is 0 Å². The molecule has 0 spiro atoms. The molecule has 0 aromatic heterocycles. The van der Waals surface area contributed by atoms with E-state index in [0.717, 1.165) is 51.6 Å². The Bertz CT molecular complexity index is 261. The Morgan fingerprint density at radius 3 is 2.35 bits per heavy atom. The fraction of sp³-hybridized carbons (Fsp3) is 0.933. The molecule has 2 N–H and O–H groups in total. The van der Waals surface area contributed by atoms with Gasteiger partial charge in [-0.3, -0.25) is 4.99 Å². The molecule has 0 radical (unpaired) electrons. The molecular formula is C15H34N4O. The highest BCUT2D eigenvalue weighted by atomic mass is 16.5. The minimum Gasteiger partial charge on any atom is -0.385 e. The summed E-state index contributed by atoms with van der Waals surface area (Å²) < 4.78 is 5.05. The molecule has 0 saturated carbocycles. The van der Waals surface area contributed by atoms with E-state index in [4.69, 9.17) is 4.74 Å². The standard InChI is InChI=1S/C15H34N4O/c1-15(2,3)8-9-17-14(16-4)18-10-12-19(5)11-7-13-20-6/h7-13H2,1-6H3,(H2,16,17,18). The van der Waals surface area contributed by atoms with E-state index in [1.807, 2.05) is 7.05 Å². The number of hydrogen-bond donors (Lipinski definition) is 2. The van der Waals surface area contributed by atoms with Crippen LogP contribution < -0.4 is 10.6 Å². The SMILES string of the molecule is CN=C(NCCN(C)CCCOC)NCCC(C)(C)C. The van der Waals surface area contributed by atoms with E-state index in [2.05, 4.69) is 48.3 Å². The summed E-state index contributed by atoms with van der Waals surface area (Å²) in [5.41, 5.74) is 0.355. The molecule has 0 saturated heterocycles. The van der Waals surface area contributed by atoms with Crippen molar-refractivity contribution in [1.82, 2.24) is 15.5 Å². The summed E-state index contributed by atoms with van der Waals surface area (Å²) in [6, 6.07) is 0. The van der Waals surface area contributed by atoms with Crippen molar-refractivity contribution in [3.63, 3.8) is 0 Å². The number of nitrogens with zero attached hydrogens (tertiary/aromatic N) is 2. The van der Waals surface area contributed by atoms with Gasteiger partial charge in [0.15, 0.2) is 5.96 Å². The first-order valence-electron chi connectivity index (χ1n) is 7.51. The van der Waals surface area contributed by atoms with Gasteiger partial charge >= 0.3 is 0 Å². The Morgan fingerprint density at radius 1 is 1.15 bits per heavy atom. The van der Waals surface area contributed by atoms with Crippen LogP contribution in [0.2, 0.25) is 0 Å². The molecule has 5 nitrogen and oxygen atoms in total. The van der Waals surface area contributed by atoms with Gasteiger partial charge in [-0.1, -0.05) is 20.8 Å². The van der Waals surface area contributed by atoms with Crippen molar-refractivity contribution < 1.29 is 4.74 Å². The number of aliphatic imine (C=N–C) groups is 1. The number of guanidine groups is 1. The molecule has 20 heavy (non-hydrogen) atoms. The van der Waals surface area contributed by atoms with Crippen LogP contribution in [0.15, 0.2) is 4.99 Å². The molecule has 0 aromatic carbocycles. The second-order valence-corrected chi connectivity index (χ2v) is 6.39. The van der Waals surface area contributed by atoms with Gasteiger partial charge in [-0.2, -0.15) is 0 Å². The van der Waals surface area contributed by atoms with E-state index in [1.54, 1.807) is 7.11 Å². The molecule has 0 heterocycles. The van der Waals surface area contributed by atoms with Crippen molar-refractivity contribution in [2.75, 3.05) is 54.0 Å². The minimum absolute atomic E-state index is 0.355. The van der Waals surface area contributed by atoms with Gasteiger partial charge in [-0.25, -0.2) is 0 Å². The molecule has 0 amide bonds. The molecular weight excluding hydrogens is 252 g/mol. The predicted octanol–water partition coefficient (Wildman–Crippen LogP) is 1.56. The Hall–Kier alpha value is -0.810. The molecule has 0 bridgehead atoms. The van der Waals surface area contributed by atoms with Crippen LogP contribution >= 0.6 is 0 Å². The number of ether oxygens (including phenoxy) is 1. The summed E-state index contributed by atoms with van der Waals surface area (Å²) in [6.07, 6.45) is 2.20. The number of rotatable bonds is 9. The monoisotopic (exact) mass is 286 g/mol. The van der Waals surface area contributed by atoms with Crippen LogP contribution in [0.3, 0.4) is 0 Å². The summed E-state index contributed by atoms with van der Waals surface area (Å²) >= 11 is 0. The molecule has 120 valence electrons. The van der Waals surface area contributed by atoms with Crippen LogP contribution in [0.5, 0.6) is 0 Å². The van der Waals surface area contributed by atoms with Crippen LogP contribution in [0, 0.1) is 5.41 Å². The third-order valence-corrected chi connectivity index (χ3v) is 3.07. The summed E-state index contributed by atoms with van der Waals surface area (Å²) in [5.74, 6) is 0.888. The normalized spacial score (nSPS) is 12.8. The first-order valence-corrected chi connectivity index (χ1v) is 7.51. The van der Waals surface area contributed by atoms with Crippen molar-refractivity contribution in [3.8, 4) is 0 Å². The maximum atomic E-state index is 5.05. The van der Waals surface area contributed by atoms with Gasteiger partial charge in [-0.15, -0.1) is 0 Å². The van der Waals surface area contributed by atoms with Gasteiger partial charge in [0.2, 0.25) is 0 Å². The first kappa shape index (κ1) is 19.2. The number of nitrogens with one attached hydrogen (secondary N) is 2. The highest BCUT2D eigenvalue weighted by molar-refractivity contribution is 5.79. The summed E-state index contributed by atoms with van der Waals surface area (Å²) in [7, 11) is 5.69. The lowest BCUT2D eigenvalue weighted by atomic mass is 9.92. The lowest BCUT2D eigenvalue weighted by Crippen LogP contribution is -2.42. The maximum Gasteiger partial charge on any atom is 0.191 e. The van der Waals surface area contributed by atoms with E-state index < -0.39 is 0 Å². The Balaban J connectivity index is 3.69. The molecule has 0 aromatic rings. The van der Waals surface area contributed by atoms with Gasteiger partial charge in [0.05, 0.1) is 0 Å². The molecule has 5 heteroatoms. The summed E-state index contributed by atoms with van der Waals surface area (Å²) in [5, 5.41) is 6.70. The average Bonchev–Trinajstić information content (AvgIpc) is 2.36.